The van der Waals surface area contributed by atoms with Gasteiger partial charge in [0.2, 0.25) is 0 Å². The predicted octanol–water partition coefficient (Wildman–Crippen LogP) is 3.07. The van der Waals surface area contributed by atoms with Crippen molar-refractivity contribution in [2.24, 2.45) is 0 Å². The Morgan fingerprint density at radius 1 is 1.44 bits per heavy atom. The molecule has 0 aliphatic carbocycles. The number of hydrogen-bond donors (Lipinski definition) is 1. The monoisotopic (exact) mass is 251 g/mol. The molecule has 0 radical (unpaired) electrons. The van der Waals surface area contributed by atoms with Crippen LogP contribution in [0.4, 0.5) is 10.1 Å². The van der Waals surface area contributed by atoms with E-state index in [-0.39, 0.29) is 5.82 Å². The van der Waals surface area contributed by atoms with E-state index in [9.17, 15) is 9.18 Å². The van der Waals surface area contributed by atoms with Gasteiger partial charge < -0.3 is 10.0 Å². The minimum absolute atomic E-state index is 0.288. The van der Waals surface area contributed by atoms with Crippen LogP contribution in [0.25, 0.3) is 0 Å². The summed E-state index contributed by atoms with van der Waals surface area (Å²) in [6.45, 7) is 4.91. The smallest absolute Gasteiger partial charge is 0.331 e. The fraction of sp³-hybridized carbons (Fsp3) is 0.357. The summed E-state index contributed by atoms with van der Waals surface area (Å²) in [5.41, 5.74) is 1.14. The molecule has 98 valence electrons. The number of carboxylic acids is 1. The van der Waals surface area contributed by atoms with Crippen LogP contribution in [0.2, 0.25) is 0 Å². The summed E-state index contributed by atoms with van der Waals surface area (Å²) in [4.78, 5) is 12.8. The predicted molar refractivity (Wildman–Crippen MR) is 70.3 cm³/mol. The van der Waals surface area contributed by atoms with Crippen LogP contribution in [0.15, 0.2) is 35.9 Å². The molecule has 1 aromatic carbocycles. The third-order valence-electron chi connectivity index (χ3n) is 2.77. The van der Waals surface area contributed by atoms with Gasteiger partial charge in [0, 0.05) is 24.4 Å². The van der Waals surface area contributed by atoms with Crippen LogP contribution < -0.4 is 4.90 Å². The van der Waals surface area contributed by atoms with E-state index >= 15 is 0 Å². The van der Waals surface area contributed by atoms with Crippen molar-refractivity contribution < 1.29 is 14.3 Å². The molecule has 0 heterocycles. The third kappa shape index (κ3) is 3.87. The maximum Gasteiger partial charge on any atom is 0.331 e. The Hall–Kier alpha value is -1.84. The van der Waals surface area contributed by atoms with Gasteiger partial charge in [0.1, 0.15) is 5.82 Å². The molecular formula is C14H18FNO2. The molecule has 0 fully saturated rings. The normalized spacial score (nSPS) is 11.4. The zero-order chi connectivity index (χ0) is 13.5. The van der Waals surface area contributed by atoms with E-state index in [0.717, 1.165) is 5.69 Å². The molecule has 1 N–H and O–H groups in total. The number of hydrogen-bond acceptors (Lipinski definition) is 2. The lowest BCUT2D eigenvalue weighted by Gasteiger charge is -2.21. The minimum atomic E-state index is -0.896. The SMILES string of the molecule is CCC(=CCN(CC)c1cccc(F)c1)C(=O)O. The number of anilines is 1. The maximum absolute atomic E-state index is 13.1. The Morgan fingerprint density at radius 3 is 2.67 bits per heavy atom. The number of carboxylic acid groups (broad SMARTS) is 1. The Kier molecular flexibility index (Phi) is 5.36. The zero-order valence-electron chi connectivity index (χ0n) is 10.7. The van der Waals surface area contributed by atoms with E-state index in [4.69, 9.17) is 5.11 Å². The number of rotatable bonds is 6. The molecular weight excluding hydrogens is 233 g/mol. The maximum atomic E-state index is 13.1. The fourth-order valence-corrected chi connectivity index (χ4v) is 1.69. The van der Waals surface area contributed by atoms with Crippen LogP contribution in [0.1, 0.15) is 20.3 Å². The zero-order valence-corrected chi connectivity index (χ0v) is 10.7. The highest BCUT2D eigenvalue weighted by molar-refractivity contribution is 5.86. The van der Waals surface area contributed by atoms with Crippen molar-refractivity contribution in [3.05, 3.63) is 41.7 Å². The van der Waals surface area contributed by atoms with Crippen molar-refractivity contribution in [2.75, 3.05) is 18.0 Å². The van der Waals surface area contributed by atoms with Crippen LogP contribution in [0, 0.1) is 5.82 Å². The average Bonchev–Trinajstić information content (AvgIpc) is 2.34. The summed E-state index contributed by atoms with van der Waals surface area (Å²) < 4.78 is 13.1. The Bertz CT molecular complexity index is 443. The summed E-state index contributed by atoms with van der Waals surface area (Å²) in [6.07, 6.45) is 2.16. The van der Waals surface area contributed by atoms with Gasteiger partial charge in [0.15, 0.2) is 0 Å². The summed E-state index contributed by atoms with van der Waals surface area (Å²) in [6, 6.07) is 6.30. The second kappa shape index (κ2) is 6.79. The number of carbonyl (C=O) groups is 1. The highest BCUT2D eigenvalue weighted by Gasteiger charge is 2.07. The van der Waals surface area contributed by atoms with Gasteiger partial charge in [-0.1, -0.05) is 19.1 Å². The summed E-state index contributed by atoms with van der Waals surface area (Å²) in [5.74, 6) is -1.18. The van der Waals surface area contributed by atoms with E-state index in [1.54, 1.807) is 19.1 Å². The van der Waals surface area contributed by atoms with E-state index in [1.165, 1.54) is 12.1 Å². The lowest BCUT2D eigenvalue weighted by Crippen LogP contribution is -2.23. The van der Waals surface area contributed by atoms with Crippen LogP contribution in [-0.4, -0.2) is 24.2 Å². The molecule has 0 bridgehead atoms. The van der Waals surface area contributed by atoms with E-state index in [2.05, 4.69) is 0 Å². The van der Waals surface area contributed by atoms with Crippen molar-refractivity contribution in [2.45, 2.75) is 20.3 Å². The van der Waals surface area contributed by atoms with Gasteiger partial charge in [-0.2, -0.15) is 0 Å². The minimum Gasteiger partial charge on any atom is -0.478 e. The highest BCUT2D eigenvalue weighted by atomic mass is 19.1. The molecule has 0 unspecified atom stereocenters. The molecule has 18 heavy (non-hydrogen) atoms. The van der Waals surface area contributed by atoms with Gasteiger partial charge in [-0.05, 0) is 31.5 Å². The van der Waals surface area contributed by atoms with E-state index in [0.29, 0.717) is 25.1 Å². The first-order valence-electron chi connectivity index (χ1n) is 6.01. The van der Waals surface area contributed by atoms with Crippen LogP contribution in [-0.2, 0) is 4.79 Å². The molecule has 1 aromatic rings. The molecule has 0 saturated carbocycles. The second-order valence-electron chi connectivity index (χ2n) is 3.91. The van der Waals surface area contributed by atoms with Gasteiger partial charge in [-0.3, -0.25) is 0 Å². The molecule has 0 aliphatic rings. The number of nitrogens with zero attached hydrogens (tertiary/aromatic N) is 1. The quantitative estimate of drug-likeness (QED) is 0.790. The standard InChI is InChI=1S/C14H18FNO2/c1-3-11(14(17)18)8-9-16(4-2)13-7-5-6-12(15)10-13/h5-8,10H,3-4,9H2,1-2H3,(H,17,18). The van der Waals surface area contributed by atoms with Crippen molar-refractivity contribution in [1.29, 1.82) is 0 Å². The van der Waals surface area contributed by atoms with Crippen LogP contribution >= 0.6 is 0 Å². The first kappa shape index (κ1) is 14.2. The number of benzene rings is 1. The Labute approximate surface area is 107 Å². The van der Waals surface area contributed by atoms with Gasteiger partial charge in [0.05, 0.1) is 0 Å². The molecule has 3 nitrogen and oxygen atoms in total. The lowest BCUT2D eigenvalue weighted by atomic mass is 10.2. The number of likely N-dealkylation sites (N-methyl/N-ethyl adjacent to an activating group) is 1. The topological polar surface area (TPSA) is 40.5 Å². The molecule has 1 rings (SSSR count). The summed E-state index contributed by atoms with van der Waals surface area (Å²) >= 11 is 0. The lowest BCUT2D eigenvalue weighted by molar-refractivity contribution is -0.132. The number of halogens is 1. The molecule has 0 aliphatic heterocycles. The van der Waals surface area contributed by atoms with Crippen molar-refractivity contribution in [3.63, 3.8) is 0 Å². The van der Waals surface area contributed by atoms with Crippen LogP contribution in [0.5, 0.6) is 0 Å². The molecule has 0 spiro atoms. The first-order valence-corrected chi connectivity index (χ1v) is 6.01. The Balaban J connectivity index is 2.82. The van der Waals surface area contributed by atoms with E-state index in [1.807, 2.05) is 17.9 Å². The average molecular weight is 251 g/mol. The Morgan fingerprint density at radius 2 is 2.17 bits per heavy atom. The summed E-state index contributed by atoms with van der Waals surface area (Å²) in [5, 5.41) is 8.93. The second-order valence-corrected chi connectivity index (χ2v) is 3.91. The van der Waals surface area contributed by atoms with Crippen molar-refractivity contribution >= 4 is 11.7 Å². The van der Waals surface area contributed by atoms with Crippen molar-refractivity contribution in [1.82, 2.24) is 0 Å². The molecule has 0 atom stereocenters. The molecule has 0 aromatic heterocycles. The molecule has 0 amide bonds. The van der Waals surface area contributed by atoms with Gasteiger partial charge in [-0.25, -0.2) is 9.18 Å². The third-order valence-corrected chi connectivity index (χ3v) is 2.77. The highest BCUT2D eigenvalue weighted by Crippen LogP contribution is 2.15. The number of aliphatic carboxylic acids is 1. The van der Waals surface area contributed by atoms with Gasteiger partial charge in [0.25, 0.3) is 0 Å². The van der Waals surface area contributed by atoms with Gasteiger partial charge in [-0.15, -0.1) is 0 Å². The summed E-state index contributed by atoms with van der Waals surface area (Å²) in [7, 11) is 0. The molecule has 0 saturated heterocycles. The first-order chi connectivity index (χ1) is 8.58. The van der Waals surface area contributed by atoms with E-state index < -0.39 is 5.97 Å². The van der Waals surface area contributed by atoms with Crippen molar-refractivity contribution in [3.8, 4) is 0 Å². The molecule has 4 heteroatoms. The van der Waals surface area contributed by atoms with Gasteiger partial charge >= 0.3 is 5.97 Å². The largest absolute Gasteiger partial charge is 0.478 e. The van der Waals surface area contributed by atoms with Crippen LogP contribution in [0.3, 0.4) is 0 Å². The fourth-order valence-electron chi connectivity index (χ4n) is 1.69.